The molecule has 7 heteroatoms. The second kappa shape index (κ2) is 6.02. The Labute approximate surface area is 166 Å². The molecule has 2 amide bonds. The van der Waals surface area contributed by atoms with Crippen molar-refractivity contribution in [1.82, 2.24) is 4.90 Å². The van der Waals surface area contributed by atoms with Crippen LogP contribution in [-0.2, 0) is 15.1 Å². The number of likely N-dealkylation sites (N-methyl/N-ethyl adjacent to an activating group) is 1. The third-order valence-electron chi connectivity index (χ3n) is 5.79. The van der Waals surface area contributed by atoms with Gasteiger partial charge in [-0.15, -0.1) is 0 Å². The maximum Gasteiger partial charge on any atom is 0.291 e. The van der Waals surface area contributed by atoms with Crippen LogP contribution in [0.1, 0.15) is 21.7 Å². The fourth-order valence-corrected chi connectivity index (χ4v) is 4.52. The van der Waals surface area contributed by atoms with Crippen LogP contribution in [0.3, 0.4) is 0 Å². The summed E-state index contributed by atoms with van der Waals surface area (Å²) in [5, 5.41) is 0.340. The molecule has 0 bridgehead atoms. The number of rotatable bonds is 3. The summed E-state index contributed by atoms with van der Waals surface area (Å²) in [5.74, 6) is -0.925. The van der Waals surface area contributed by atoms with Crippen molar-refractivity contribution in [2.45, 2.75) is 5.54 Å². The Kier molecular flexibility index (Phi) is 3.66. The molecule has 1 spiro atoms. The molecular weight excluding hydrogens is 372 g/mol. The van der Waals surface area contributed by atoms with Gasteiger partial charge in [-0.3, -0.25) is 14.4 Å². The summed E-state index contributed by atoms with van der Waals surface area (Å²) in [6, 6.07) is 14.0. The van der Waals surface area contributed by atoms with Crippen LogP contribution in [0.4, 0.5) is 5.69 Å². The third-order valence-corrected chi connectivity index (χ3v) is 5.79. The van der Waals surface area contributed by atoms with E-state index in [0.717, 1.165) is 0 Å². The van der Waals surface area contributed by atoms with Crippen LogP contribution < -0.4 is 10.3 Å². The van der Waals surface area contributed by atoms with Gasteiger partial charge >= 0.3 is 0 Å². The summed E-state index contributed by atoms with van der Waals surface area (Å²) in [7, 11) is 3.17. The van der Waals surface area contributed by atoms with Crippen LogP contribution in [-0.4, -0.2) is 44.0 Å². The van der Waals surface area contributed by atoms with Gasteiger partial charge in [0.05, 0.1) is 17.6 Å². The molecule has 1 atom stereocenters. The number of fused-ring (bicyclic) bond motifs is 5. The fraction of sp³-hybridized carbons (Fsp3) is 0.227. The molecule has 0 unspecified atom stereocenters. The van der Waals surface area contributed by atoms with Crippen molar-refractivity contribution in [3.05, 3.63) is 75.6 Å². The summed E-state index contributed by atoms with van der Waals surface area (Å²) in [4.78, 5) is 43.5. The molecule has 0 saturated carbocycles. The molecule has 146 valence electrons. The molecular formula is C22H18N2O5. The van der Waals surface area contributed by atoms with E-state index in [1.54, 1.807) is 43.4 Å². The molecule has 0 fully saturated rings. The maximum atomic E-state index is 13.7. The molecule has 5 rings (SSSR count). The zero-order chi connectivity index (χ0) is 20.3. The second-order valence-corrected chi connectivity index (χ2v) is 7.17. The van der Waals surface area contributed by atoms with E-state index in [2.05, 4.69) is 0 Å². The van der Waals surface area contributed by atoms with Crippen molar-refractivity contribution in [2.24, 2.45) is 0 Å². The lowest BCUT2D eigenvalue weighted by Crippen LogP contribution is -2.53. The second-order valence-electron chi connectivity index (χ2n) is 7.17. The lowest BCUT2D eigenvalue weighted by molar-refractivity contribution is -0.126. The van der Waals surface area contributed by atoms with Crippen LogP contribution in [0.2, 0.25) is 0 Å². The van der Waals surface area contributed by atoms with Gasteiger partial charge in [0.1, 0.15) is 5.58 Å². The quantitative estimate of drug-likeness (QED) is 0.684. The van der Waals surface area contributed by atoms with Gasteiger partial charge < -0.3 is 19.0 Å². The minimum atomic E-state index is -1.55. The molecule has 2 aliphatic rings. The first-order valence-corrected chi connectivity index (χ1v) is 9.28. The van der Waals surface area contributed by atoms with Crippen molar-refractivity contribution < 1.29 is 18.7 Å². The van der Waals surface area contributed by atoms with Gasteiger partial charge in [-0.25, -0.2) is 0 Å². The number of amides is 2. The molecule has 29 heavy (non-hydrogen) atoms. The van der Waals surface area contributed by atoms with Crippen molar-refractivity contribution in [2.75, 3.05) is 32.2 Å². The van der Waals surface area contributed by atoms with Gasteiger partial charge in [-0.05, 0) is 18.2 Å². The van der Waals surface area contributed by atoms with Gasteiger partial charge in [0.15, 0.2) is 11.0 Å². The van der Waals surface area contributed by atoms with Crippen molar-refractivity contribution in [3.63, 3.8) is 0 Å². The molecule has 3 heterocycles. The Morgan fingerprint density at radius 2 is 1.76 bits per heavy atom. The summed E-state index contributed by atoms with van der Waals surface area (Å²) in [6.45, 7) is 0.359. The number of hydrogen-bond donors (Lipinski definition) is 0. The molecule has 0 saturated heterocycles. The molecule has 7 nitrogen and oxygen atoms in total. The van der Waals surface area contributed by atoms with Gasteiger partial charge in [0.2, 0.25) is 5.76 Å². The Morgan fingerprint density at radius 1 is 1.03 bits per heavy atom. The minimum Gasteiger partial charge on any atom is -0.450 e. The number of benzene rings is 2. The zero-order valence-corrected chi connectivity index (χ0v) is 16.0. The lowest BCUT2D eigenvalue weighted by atomic mass is 9.84. The number of methoxy groups -OCH3 is 1. The third kappa shape index (κ3) is 2.02. The summed E-state index contributed by atoms with van der Waals surface area (Å²) in [6.07, 6.45) is 0. The molecule has 0 radical (unpaired) electrons. The molecule has 3 aromatic rings. The highest BCUT2D eigenvalue weighted by atomic mass is 16.5. The minimum absolute atomic E-state index is 0.0803. The first-order valence-electron chi connectivity index (χ1n) is 9.28. The van der Waals surface area contributed by atoms with Crippen LogP contribution in [0.25, 0.3) is 11.0 Å². The van der Waals surface area contributed by atoms with E-state index in [0.29, 0.717) is 22.2 Å². The lowest BCUT2D eigenvalue weighted by Gasteiger charge is -2.33. The van der Waals surface area contributed by atoms with E-state index in [1.807, 2.05) is 12.1 Å². The average molecular weight is 390 g/mol. The van der Waals surface area contributed by atoms with Crippen molar-refractivity contribution >= 4 is 28.5 Å². The molecule has 1 aromatic heterocycles. The predicted octanol–water partition coefficient (Wildman–Crippen LogP) is 2.12. The molecule has 2 aliphatic heterocycles. The van der Waals surface area contributed by atoms with Crippen molar-refractivity contribution in [1.29, 1.82) is 0 Å². The summed E-state index contributed by atoms with van der Waals surface area (Å²) < 4.78 is 11.1. The Morgan fingerprint density at radius 3 is 2.55 bits per heavy atom. The highest BCUT2D eigenvalue weighted by Gasteiger charge is 2.64. The van der Waals surface area contributed by atoms with Crippen molar-refractivity contribution in [3.8, 4) is 0 Å². The fourth-order valence-electron chi connectivity index (χ4n) is 4.52. The molecule has 0 N–H and O–H groups in total. The SMILES string of the molecule is COCCN1C(=O)c2oc3ccccc3c(=O)c2[C@]12C(=O)N(C)c1ccccc12. The first-order chi connectivity index (χ1) is 14.0. The Hall–Kier alpha value is -3.45. The van der Waals surface area contributed by atoms with E-state index < -0.39 is 11.4 Å². The molecule has 0 aliphatic carbocycles. The zero-order valence-electron chi connectivity index (χ0n) is 16.0. The van der Waals surface area contributed by atoms with Gasteiger partial charge in [-0.1, -0.05) is 30.3 Å². The van der Waals surface area contributed by atoms with E-state index in [-0.39, 0.29) is 35.8 Å². The number of para-hydroxylation sites is 2. The number of ether oxygens (including phenoxy) is 1. The topological polar surface area (TPSA) is 80.1 Å². The predicted molar refractivity (Wildman–Crippen MR) is 106 cm³/mol. The normalized spacial score (nSPS) is 20.1. The van der Waals surface area contributed by atoms with E-state index in [1.165, 1.54) is 16.9 Å². The number of nitrogens with zero attached hydrogens (tertiary/aromatic N) is 2. The van der Waals surface area contributed by atoms with E-state index in [9.17, 15) is 14.4 Å². The average Bonchev–Trinajstić information content (AvgIpc) is 3.12. The largest absolute Gasteiger partial charge is 0.450 e. The highest BCUT2D eigenvalue weighted by molar-refractivity contribution is 6.16. The first kappa shape index (κ1) is 17.6. The smallest absolute Gasteiger partial charge is 0.291 e. The number of carbonyl (C=O) groups excluding carboxylic acids is 2. The number of carbonyl (C=O) groups is 2. The maximum absolute atomic E-state index is 13.7. The van der Waals surface area contributed by atoms with Crippen LogP contribution in [0, 0.1) is 0 Å². The Balaban J connectivity index is 1.93. The Bertz CT molecular complexity index is 1250. The van der Waals surface area contributed by atoms with E-state index in [4.69, 9.17) is 9.15 Å². The summed E-state index contributed by atoms with van der Waals surface area (Å²) >= 11 is 0. The highest BCUT2D eigenvalue weighted by Crippen LogP contribution is 2.51. The van der Waals surface area contributed by atoms with Crippen LogP contribution in [0.15, 0.2) is 57.7 Å². The van der Waals surface area contributed by atoms with Crippen LogP contribution >= 0.6 is 0 Å². The summed E-state index contributed by atoms with van der Waals surface area (Å²) in [5.41, 5.74) is -0.263. The number of hydrogen-bond acceptors (Lipinski definition) is 5. The number of anilines is 1. The molecule has 2 aromatic carbocycles. The monoisotopic (exact) mass is 390 g/mol. The van der Waals surface area contributed by atoms with Gasteiger partial charge in [0, 0.05) is 32.0 Å². The van der Waals surface area contributed by atoms with E-state index >= 15 is 0 Å². The van der Waals surface area contributed by atoms with Gasteiger partial charge in [-0.2, -0.15) is 0 Å². The van der Waals surface area contributed by atoms with Crippen LogP contribution in [0.5, 0.6) is 0 Å². The van der Waals surface area contributed by atoms with Gasteiger partial charge in [0.25, 0.3) is 11.8 Å². The standard InChI is InChI=1S/C22H18N2O5/c1-23-15-9-5-4-8-14(15)22(21(23)27)17-18(25)13-7-3-6-10-16(13)29-19(17)20(26)24(22)11-12-28-2/h3-10H,11-12H2,1-2H3/t22-/m1/s1.